The average Bonchev–Trinajstić information content (AvgIpc) is 2.92. The number of sulfone groups is 1. The summed E-state index contributed by atoms with van der Waals surface area (Å²) in [6.45, 7) is 2.46. The standard InChI is InChI=1S/C13H16O5S/c1-2-9-3-4-10(13(14)15)7-12(9)19(16,17)11-5-6-18-8-11/h3-4,7,11H,2,5-6,8H2,1H3,(H,14,15). The Hall–Kier alpha value is -1.40. The van der Waals surface area contributed by atoms with Crippen LogP contribution in [0.15, 0.2) is 23.1 Å². The quantitative estimate of drug-likeness (QED) is 0.906. The second kappa shape index (κ2) is 5.30. The molecular weight excluding hydrogens is 268 g/mol. The highest BCUT2D eigenvalue weighted by Gasteiger charge is 2.32. The summed E-state index contributed by atoms with van der Waals surface area (Å²) >= 11 is 0. The van der Waals surface area contributed by atoms with E-state index in [0.29, 0.717) is 25.0 Å². The maximum Gasteiger partial charge on any atom is 0.335 e. The number of aryl methyl sites for hydroxylation is 1. The highest BCUT2D eigenvalue weighted by Crippen LogP contribution is 2.26. The van der Waals surface area contributed by atoms with Crippen molar-refractivity contribution in [2.24, 2.45) is 0 Å². The van der Waals surface area contributed by atoms with Gasteiger partial charge >= 0.3 is 5.97 Å². The summed E-state index contributed by atoms with van der Waals surface area (Å²) < 4.78 is 30.2. The smallest absolute Gasteiger partial charge is 0.335 e. The van der Waals surface area contributed by atoms with E-state index in [1.54, 1.807) is 6.07 Å². The highest BCUT2D eigenvalue weighted by atomic mass is 32.2. The van der Waals surface area contributed by atoms with Crippen molar-refractivity contribution < 1.29 is 23.1 Å². The van der Waals surface area contributed by atoms with E-state index < -0.39 is 21.1 Å². The van der Waals surface area contributed by atoms with Crippen LogP contribution in [0.5, 0.6) is 0 Å². The number of ether oxygens (including phenoxy) is 1. The molecule has 6 heteroatoms. The van der Waals surface area contributed by atoms with Crippen molar-refractivity contribution in [2.75, 3.05) is 13.2 Å². The second-order valence-electron chi connectivity index (χ2n) is 4.51. The fraction of sp³-hybridized carbons (Fsp3) is 0.462. The van der Waals surface area contributed by atoms with E-state index in [2.05, 4.69) is 0 Å². The Balaban J connectivity index is 2.52. The van der Waals surface area contributed by atoms with Gasteiger partial charge in [0.25, 0.3) is 0 Å². The first kappa shape index (κ1) is 14.0. The van der Waals surface area contributed by atoms with E-state index in [1.807, 2.05) is 6.92 Å². The molecule has 1 aliphatic heterocycles. The van der Waals surface area contributed by atoms with Crippen LogP contribution >= 0.6 is 0 Å². The lowest BCUT2D eigenvalue weighted by Gasteiger charge is -2.14. The van der Waals surface area contributed by atoms with Gasteiger partial charge in [-0.25, -0.2) is 13.2 Å². The Morgan fingerprint density at radius 2 is 2.21 bits per heavy atom. The number of hydrogen-bond donors (Lipinski definition) is 1. The van der Waals surface area contributed by atoms with Crippen molar-refractivity contribution in [3.63, 3.8) is 0 Å². The Morgan fingerprint density at radius 1 is 1.47 bits per heavy atom. The van der Waals surface area contributed by atoms with Gasteiger partial charge in [-0.1, -0.05) is 13.0 Å². The first-order valence-electron chi connectivity index (χ1n) is 6.14. The Kier molecular flexibility index (Phi) is 3.91. The van der Waals surface area contributed by atoms with Gasteiger partial charge in [0, 0.05) is 6.61 Å². The van der Waals surface area contributed by atoms with Crippen LogP contribution in [0.25, 0.3) is 0 Å². The lowest BCUT2D eigenvalue weighted by Crippen LogP contribution is -2.23. The van der Waals surface area contributed by atoms with Crippen molar-refractivity contribution in [3.8, 4) is 0 Å². The Labute approximate surface area is 112 Å². The maximum atomic E-state index is 12.5. The number of hydrogen-bond acceptors (Lipinski definition) is 4. The van der Waals surface area contributed by atoms with E-state index in [-0.39, 0.29) is 17.1 Å². The van der Waals surface area contributed by atoms with Gasteiger partial charge in [0.15, 0.2) is 9.84 Å². The zero-order chi connectivity index (χ0) is 14.0. The molecule has 2 rings (SSSR count). The van der Waals surface area contributed by atoms with Crippen LogP contribution in [0.1, 0.15) is 29.3 Å². The van der Waals surface area contributed by atoms with Crippen molar-refractivity contribution >= 4 is 15.8 Å². The van der Waals surface area contributed by atoms with Crippen LogP contribution in [0.2, 0.25) is 0 Å². The summed E-state index contributed by atoms with van der Waals surface area (Å²) in [4.78, 5) is 11.1. The molecule has 0 spiro atoms. The number of benzene rings is 1. The number of rotatable bonds is 4. The van der Waals surface area contributed by atoms with Gasteiger partial charge in [0.1, 0.15) is 0 Å². The number of carbonyl (C=O) groups is 1. The molecule has 1 saturated heterocycles. The maximum absolute atomic E-state index is 12.5. The molecule has 5 nitrogen and oxygen atoms in total. The zero-order valence-corrected chi connectivity index (χ0v) is 11.4. The molecule has 0 radical (unpaired) electrons. The summed E-state index contributed by atoms with van der Waals surface area (Å²) in [5, 5.41) is 8.42. The first-order valence-corrected chi connectivity index (χ1v) is 7.69. The van der Waals surface area contributed by atoms with E-state index in [4.69, 9.17) is 9.84 Å². The van der Waals surface area contributed by atoms with Crippen LogP contribution in [-0.2, 0) is 21.0 Å². The molecule has 1 aromatic rings. The molecule has 1 unspecified atom stereocenters. The molecule has 1 fully saturated rings. The minimum atomic E-state index is -3.53. The third-order valence-electron chi connectivity index (χ3n) is 3.33. The average molecular weight is 284 g/mol. The van der Waals surface area contributed by atoms with Gasteiger partial charge in [0.2, 0.25) is 0 Å². The van der Waals surface area contributed by atoms with Crippen LogP contribution in [-0.4, -0.2) is 38.0 Å². The molecule has 0 amide bonds. The number of aromatic carboxylic acids is 1. The van der Waals surface area contributed by atoms with Gasteiger partial charge in [-0.3, -0.25) is 0 Å². The minimum absolute atomic E-state index is 0.00492. The van der Waals surface area contributed by atoms with Crippen LogP contribution in [0.3, 0.4) is 0 Å². The van der Waals surface area contributed by atoms with Crippen molar-refractivity contribution in [2.45, 2.75) is 29.9 Å². The first-order chi connectivity index (χ1) is 8.96. The summed E-state index contributed by atoms with van der Waals surface area (Å²) in [5.74, 6) is -1.12. The normalized spacial score (nSPS) is 19.5. The van der Waals surface area contributed by atoms with Gasteiger partial charge in [-0.05, 0) is 30.5 Å². The Morgan fingerprint density at radius 3 is 2.74 bits per heavy atom. The summed E-state index contributed by atoms with van der Waals surface area (Å²) in [7, 11) is -3.53. The molecule has 0 saturated carbocycles. The fourth-order valence-electron chi connectivity index (χ4n) is 2.18. The molecule has 0 aliphatic carbocycles. The largest absolute Gasteiger partial charge is 0.478 e. The summed E-state index contributed by atoms with van der Waals surface area (Å²) in [6.07, 6.45) is 1.00. The van der Waals surface area contributed by atoms with Gasteiger partial charge in [0.05, 0.1) is 22.3 Å². The van der Waals surface area contributed by atoms with E-state index in [0.717, 1.165) is 0 Å². The van der Waals surface area contributed by atoms with Crippen molar-refractivity contribution in [3.05, 3.63) is 29.3 Å². The number of carboxylic acid groups (broad SMARTS) is 1. The molecule has 1 aromatic carbocycles. The van der Waals surface area contributed by atoms with Crippen molar-refractivity contribution in [1.82, 2.24) is 0 Å². The molecular formula is C13H16O5S. The van der Waals surface area contributed by atoms with Crippen molar-refractivity contribution in [1.29, 1.82) is 0 Å². The highest BCUT2D eigenvalue weighted by molar-refractivity contribution is 7.92. The molecule has 1 N–H and O–H groups in total. The van der Waals surface area contributed by atoms with E-state index >= 15 is 0 Å². The second-order valence-corrected chi connectivity index (χ2v) is 6.71. The third-order valence-corrected chi connectivity index (χ3v) is 5.57. The minimum Gasteiger partial charge on any atom is -0.478 e. The summed E-state index contributed by atoms with van der Waals surface area (Å²) in [6, 6.07) is 4.27. The third kappa shape index (κ3) is 2.64. The lowest BCUT2D eigenvalue weighted by molar-refractivity contribution is 0.0696. The number of carboxylic acids is 1. The van der Waals surface area contributed by atoms with E-state index in [1.165, 1.54) is 12.1 Å². The van der Waals surface area contributed by atoms with Crippen LogP contribution in [0.4, 0.5) is 0 Å². The molecule has 1 aliphatic rings. The fourth-order valence-corrected chi connectivity index (χ4v) is 4.09. The van der Waals surface area contributed by atoms with Gasteiger partial charge in [-0.15, -0.1) is 0 Å². The molecule has 0 bridgehead atoms. The van der Waals surface area contributed by atoms with Crippen LogP contribution in [0, 0.1) is 0 Å². The molecule has 1 heterocycles. The topological polar surface area (TPSA) is 80.7 Å². The molecule has 0 aromatic heterocycles. The van der Waals surface area contributed by atoms with Gasteiger partial charge in [-0.2, -0.15) is 0 Å². The van der Waals surface area contributed by atoms with Gasteiger partial charge < -0.3 is 9.84 Å². The monoisotopic (exact) mass is 284 g/mol. The predicted octanol–water partition coefficient (Wildman–Crippen LogP) is 1.51. The predicted molar refractivity (Wildman–Crippen MR) is 69.2 cm³/mol. The van der Waals surface area contributed by atoms with Crippen LogP contribution < -0.4 is 0 Å². The lowest BCUT2D eigenvalue weighted by atomic mass is 10.1. The molecule has 1 atom stereocenters. The van der Waals surface area contributed by atoms with E-state index in [9.17, 15) is 13.2 Å². The zero-order valence-electron chi connectivity index (χ0n) is 10.6. The Bertz CT molecular complexity index is 585. The molecule has 19 heavy (non-hydrogen) atoms. The SMILES string of the molecule is CCc1ccc(C(=O)O)cc1S(=O)(=O)C1CCOC1. The summed E-state index contributed by atoms with van der Waals surface area (Å²) in [5.41, 5.74) is 0.645. The molecule has 104 valence electrons.